The second-order valence-corrected chi connectivity index (χ2v) is 8.02. The lowest BCUT2D eigenvalue weighted by Gasteiger charge is -2.34. The Balaban J connectivity index is 1.60. The maximum absolute atomic E-state index is 13.0. The molecule has 3 heterocycles. The van der Waals surface area contributed by atoms with Gasteiger partial charge < -0.3 is 15.5 Å². The minimum Gasteiger partial charge on any atom is -0.342 e. The average molecular weight is 418 g/mol. The Kier molecular flexibility index (Phi) is 4.90. The number of benzene rings is 1. The monoisotopic (exact) mass is 417 g/mol. The molecule has 5 N–H and O–H groups in total. The number of nitrogens with zero attached hydrogens (tertiary/aromatic N) is 1. The maximum Gasteiger partial charge on any atom is 0.268 e. The summed E-state index contributed by atoms with van der Waals surface area (Å²) in [5.74, 6) is -0.957. The number of aromatic amines is 1. The van der Waals surface area contributed by atoms with Gasteiger partial charge >= 0.3 is 0 Å². The van der Waals surface area contributed by atoms with Crippen LogP contribution in [0.25, 0.3) is 10.2 Å². The van der Waals surface area contributed by atoms with E-state index in [0.717, 1.165) is 15.8 Å². The molecule has 3 aromatic rings. The van der Waals surface area contributed by atoms with E-state index < -0.39 is 17.9 Å². The van der Waals surface area contributed by atoms with Crippen molar-refractivity contribution >= 4 is 56.5 Å². The molecule has 0 saturated heterocycles. The van der Waals surface area contributed by atoms with E-state index >= 15 is 0 Å². The van der Waals surface area contributed by atoms with E-state index in [-0.39, 0.29) is 12.4 Å². The summed E-state index contributed by atoms with van der Waals surface area (Å²) in [7, 11) is 0. The first-order chi connectivity index (χ1) is 13.5. The van der Waals surface area contributed by atoms with Crippen LogP contribution in [0.3, 0.4) is 0 Å². The fourth-order valence-electron chi connectivity index (χ4n) is 3.28. The van der Waals surface area contributed by atoms with Crippen LogP contribution in [0.5, 0.6) is 0 Å². The standard InChI is InChI=1S/C18H16ClN5O3S/c19-14-7-10-6-11(23-17(10)28-14)16(25)22-12-5-9-3-1-2-4-13(9)24(18(12)26)15(20)8-21-27/h1-4,6-7,12,20-21,23,27H,5,8H2,(H,22,25). The van der Waals surface area contributed by atoms with Crippen LogP contribution in [-0.2, 0) is 11.2 Å². The van der Waals surface area contributed by atoms with Crippen molar-refractivity contribution in [1.29, 1.82) is 5.41 Å². The van der Waals surface area contributed by atoms with Gasteiger partial charge in [-0.15, -0.1) is 11.3 Å². The lowest BCUT2D eigenvalue weighted by atomic mass is 9.96. The Bertz CT molecular complexity index is 1060. The van der Waals surface area contributed by atoms with Crippen molar-refractivity contribution in [2.45, 2.75) is 12.5 Å². The Hall–Kier alpha value is -2.72. The zero-order chi connectivity index (χ0) is 19.8. The van der Waals surface area contributed by atoms with Crippen molar-refractivity contribution < 1.29 is 14.8 Å². The van der Waals surface area contributed by atoms with Crippen molar-refractivity contribution in [2.24, 2.45) is 0 Å². The van der Waals surface area contributed by atoms with Gasteiger partial charge in [-0.3, -0.25) is 19.9 Å². The van der Waals surface area contributed by atoms with Crippen molar-refractivity contribution in [3.05, 3.63) is 52.0 Å². The van der Waals surface area contributed by atoms with Gasteiger partial charge in [0.05, 0.1) is 16.6 Å². The minimum atomic E-state index is -0.827. The zero-order valence-electron chi connectivity index (χ0n) is 14.5. The normalized spacial score (nSPS) is 16.3. The number of hydroxylamine groups is 1. The second kappa shape index (κ2) is 7.36. The first-order valence-corrected chi connectivity index (χ1v) is 9.62. The van der Waals surface area contributed by atoms with E-state index in [2.05, 4.69) is 10.3 Å². The molecule has 2 amide bonds. The van der Waals surface area contributed by atoms with E-state index in [0.29, 0.717) is 22.1 Å². The third-order valence-electron chi connectivity index (χ3n) is 4.52. The smallest absolute Gasteiger partial charge is 0.268 e. The molecule has 0 fully saturated rings. The Morgan fingerprint density at radius 1 is 1.39 bits per heavy atom. The molecular formula is C18H16ClN5O3S. The van der Waals surface area contributed by atoms with Crippen molar-refractivity contribution in [3.8, 4) is 0 Å². The third kappa shape index (κ3) is 3.29. The number of aromatic nitrogens is 1. The SMILES string of the molecule is N=C(CNO)N1C(=O)C(NC(=O)c2cc3cc(Cl)sc3[nH]2)Cc2ccccc21. The molecule has 1 atom stereocenters. The van der Waals surface area contributed by atoms with Crippen LogP contribution in [0, 0.1) is 5.41 Å². The molecule has 1 aliphatic rings. The number of rotatable bonds is 4. The summed E-state index contributed by atoms with van der Waals surface area (Å²) in [4.78, 5) is 30.7. The summed E-state index contributed by atoms with van der Waals surface area (Å²) < 4.78 is 0.624. The molecule has 8 nitrogen and oxygen atoms in total. The highest BCUT2D eigenvalue weighted by Crippen LogP contribution is 2.30. The number of amides is 2. The Morgan fingerprint density at radius 3 is 2.93 bits per heavy atom. The molecule has 1 aromatic carbocycles. The molecule has 144 valence electrons. The van der Waals surface area contributed by atoms with Crippen LogP contribution >= 0.6 is 22.9 Å². The summed E-state index contributed by atoms with van der Waals surface area (Å²) in [5.41, 5.74) is 3.64. The summed E-state index contributed by atoms with van der Waals surface area (Å²) in [6.07, 6.45) is 0.317. The topological polar surface area (TPSA) is 121 Å². The number of para-hydroxylation sites is 1. The first-order valence-electron chi connectivity index (χ1n) is 8.43. The van der Waals surface area contributed by atoms with Crippen molar-refractivity contribution in [2.75, 3.05) is 11.4 Å². The van der Waals surface area contributed by atoms with Crippen molar-refractivity contribution in [3.63, 3.8) is 0 Å². The number of thiophene rings is 1. The maximum atomic E-state index is 13.0. The van der Waals surface area contributed by atoms with Crippen LogP contribution in [0.4, 0.5) is 5.69 Å². The Labute approximate surface area is 168 Å². The molecule has 0 radical (unpaired) electrons. The van der Waals surface area contributed by atoms with Crippen LogP contribution in [0.2, 0.25) is 4.34 Å². The summed E-state index contributed by atoms with van der Waals surface area (Å²) in [5, 5.41) is 20.6. The van der Waals surface area contributed by atoms with E-state index in [1.165, 1.54) is 16.2 Å². The van der Waals surface area contributed by atoms with E-state index in [1.54, 1.807) is 24.3 Å². The molecule has 2 aromatic heterocycles. The molecular weight excluding hydrogens is 402 g/mol. The number of carbonyl (C=O) groups excluding carboxylic acids is 2. The molecule has 0 spiro atoms. The van der Waals surface area contributed by atoms with Gasteiger partial charge in [0.2, 0.25) is 0 Å². The van der Waals surface area contributed by atoms with Crippen LogP contribution in [0.1, 0.15) is 16.1 Å². The average Bonchev–Trinajstić information content (AvgIpc) is 3.20. The van der Waals surface area contributed by atoms with Crippen molar-refractivity contribution in [1.82, 2.24) is 15.8 Å². The van der Waals surface area contributed by atoms with Gasteiger partial charge in [-0.05, 0) is 23.8 Å². The molecule has 0 bridgehead atoms. The number of H-pyrrole nitrogens is 1. The summed E-state index contributed by atoms with van der Waals surface area (Å²) >= 11 is 7.29. The molecule has 4 rings (SSSR count). The number of amidine groups is 1. The Morgan fingerprint density at radius 2 is 2.18 bits per heavy atom. The number of fused-ring (bicyclic) bond motifs is 2. The number of anilines is 1. The molecule has 28 heavy (non-hydrogen) atoms. The number of nitrogens with one attached hydrogen (secondary N) is 4. The first kappa shape index (κ1) is 18.6. The fourth-order valence-corrected chi connectivity index (χ4v) is 4.41. The molecule has 0 aliphatic carbocycles. The van der Waals surface area contributed by atoms with Gasteiger partial charge in [-0.1, -0.05) is 29.8 Å². The van der Waals surface area contributed by atoms with Gasteiger partial charge in [-0.25, -0.2) is 0 Å². The predicted molar refractivity (Wildman–Crippen MR) is 108 cm³/mol. The number of halogens is 1. The molecule has 0 saturated carbocycles. The van der Waals surface area contributed by atoms with Crippen LogP contribution in [-0.4, -0.2) is 40.4 Å². The highest BCUT2D eigenvalue weighted by molar-refractivity contribution is 7.22. The minimum absolute atomic E-state index is 0.117. The van der Waals surface area contributed by atoms with Gasteiger partial charge in [0.1, 0.15) is 22.4 Å². The quantitative estimate of drug-likeness (QED) is 0.254. The van der Waals surface area contributed by atoms with E-state index in [9.17, 15) is 9.59 Å². The van der Waals surface area contributed by atoms with E-state index in [4.69, 9.17) is 22.2 Å². The number of carbonyl (C=O) groups is 2. The van der Waals surface area contributed by atoms with Gasteiger partial charge in [0, 0.05) is 11.8 Å². The van der Waals surface area contributed by atoms with Gasteiger partial charge in [-0.2, -0.15) is 5.48 Å². The van der Waals surface area contributed by atoms with Gasteiger partial charge in [0.15, 0.2) is 0 Å². The predicted octanol–water partition coefficient (Wildman–Crippen LogP) is 2.53. The van der Waals surface area contributed by atoms with Gasteiger partial charge in [0.25, 0.3) is 11.8 Å². The third-order valence-corrected chi connectivity index (χ3v) is 5.72. The summed E-state index contributed by atoms with van der Waals surface area (Å²) in [6, 6.07) is 9.81. The lowest BCUT2D eigenvalue weighted by Crippen LogP contribution is -2.56. The molecule has 1 unspecified atom stereocenters. The van der Waals surface area contributed by atoms with Crippen LogP contribution in [0.15, 0.2) is 36.4 Å². The van der Waals surface area contributed by atoms with Crippen LogP contribution < -0.4 is 15.7 Å². The lowest BCUT2D eigenvalue weighted by molar-refractivity contribution is -0.119. The highest BCUT2D eigenvalue weighted by Gasteiger charge is 2.36. The highest BCUT2D eigenvalue weighted by atomic mass is 35.5. The fraction of sp³-hybridized carbons (Fsp3) is 0.167. The molecule has 10 heteroatoms. The van der Waals surface area contributed by atoms with E-state index in [1.807, 2.05) is 17.6 Å². The number of hydrogen-bond acceptors (Lipinski definition) is 6. The molecule has 1 aliphatic heterocycles. The summed E-state index contributed by atoms with van der Waals surface area (Å²) in [6.45, 7) is -0.200. The second-order valence-electron chi connectivity index (χ2n) is 6.33. The zero-order valence-corrected chi connectivity index (χ0v) is 16.0. The largest absolute Gasteiger partial charge is 0.342 e. The number of hydrogen-bond donors (Lipinski definition) is 5.